The number of amides is 3. The second kappa shape index (κ2) is 10.4. The summed E-state index contributed by atoms with van der Waals surface area (Å²) < 4.78 is 0. The van der Waals surface area contributed by atoms with Crippen molar-refractivity contribution in [1.29, 1.82) is 0 Å². The van der Waals surface area contributed by atoms with Gasteiger partial charge in [0.2, 0.25) is 17.7 Å². The molecule has 1 aliphatic heterocycles. The number of carboxylic acids is 1. The van der Waals surface area contributed by atoms with Crippen LogP contribution in [-0.4, -0.2) is 65.1 Å². The van der Waals surface area contributed by atoms with Crippen molar-refractivity contribution in [2.75, 3.05) is 13.1 Å². The molecule has 0 radical (unpaired) electrons. The van der Waals surface area contributed by atoms with E-state index in [1.807, 2.05) is 0 Å². The van der Waals surface area contributed by atoms with Gasteiger partial charge in [-0.2, -0.15) is 0 Å². The second-order valence-electron chi connectivity index (χ2n) is 6.93. The van der Waals surface area contributed by atoms with Gasteiger partial charge in [-0.25, -0.2) is 4.79 Å². The minimum atomic E-state index is -1.22. The highest BCUT2D eigenvalue weighted by atomic mass is 16.4. The van der Waals surface area contributed by atoms with Crippen LogP contribution >= 0.6 is 0 Å². The molecule has 6 N–H and O–H groups in total. The standard InChI is InChI=1S/C19H26N4O6/c1-11(22-18(27)14-3-2-8-20-14)17(26)21-10-16(25)23-15(19(28)29)9-12-4-6-13(24)7-5-12/h4-7,11,14-15,20,24H,2-3,8-10H2,1H3,(H,21,26)(H,22,27)(H,23,25)(H,28,29)/t11-,14-,15-/m0/s1. The average Bonchev–Trinajstić information content (AvgIpc) is 3.22. The van der Waals surface area contributed by atoms with Crippen molar-refractivity contribution in [1.82, 2.24) is 21.3 Å². The number of aromatic hydroxyl groups is 1. The molecule has 0 spiro atoms. The van der Waals surface area contributed by atoms with Crippen molar-refractivity contribution in [3.63, 3.8) is 0 Å². The zero-order valence-electron chi connectivity index (χ0n) is 16.1. The first-order chi connectivity index (χ1) is 13.8. The third kappa shape index (κ3) is 7.07. The van der Waals surface area contributed by atoms with E-state index in [0.29, 0.717) is 12.0 Å². The highest BCUT2D eigenvalue weighted by Gasteiger charge is 2.25. The van der Waals surface area contributed by atoms with E-state index in [-0.39, 0.29) is 24.1 Å². The molecule has 3 atom stereocenters. The Balaban J connectivity index is 1.78. The molecule has 0 bridgehead atoms. The summed E-state index contributed by atoms with van der Waals surface area (Å²) in [7, 11) is 0. The largest absolute Gasteiger partial charge is 0.508 e. The van der Waals surface area contributed by atoms with E-state index in [9.17, 15) is 29.4 Å². The van der Waals surface area contributed by atoms with Gasteiger partial charge in [-0.3, -0.25) is 14.4 Å². The molecule has 1 heterocycles. The Morgan fingerprint density at radius 3 is 2.45 bits per heavy atom. The first-order valence-corrected chi connectivity index (χ1v) is 9.38. The number of carbonyl (C=O) groups is 4. The number of hydrogen-bond donors (Lipinski definition) is 6. The van der Waals surface area contributed by atoms with Crippen molar-refractivity contribution in [2.24, 2.45) is 0 Å². The van der Waals surface area contributed by atoms with Gasteiger partial charge in [0, 0.05) is 6.42 Å². The summed E-state index contributed by atoms with van der Waals surface area (Å²) in [6.45, 7) is 1.85. The van der Waals surface area contributed by atoms with Crippen molar-refractivity contribution in [3.8, 4) is 5.75 Å². The first-order valence-electron chi connectivity index (χ1n) is 9.38. The van der Waals surface area contributed by atoms with Gasteiger partial charge in [0.1, 0.15) is 17.8 Å². The summed E-state index contributed by atoms with van der Waals surface area (Å²) in [5.74, 6) is -2.65. The Bertz CT molecular complexity index is 746. The molecular formula is C19H26N4O6. The van der Waals surface area contributed by atoms with Crippen LogP contribution in [0.2, 0.25) is 0 Å². The normalized spacial score (nSPS) is 17.8. The summed E-state index contributed by atoms with van der Waals surface area (Å²) in [5.41, 5.74) is 0.622. The minimum Gasteiger partial charge on any atom is -0.508 e. The van der Waals surface area contributed by atoms with Crippen LogP contribution in [0.25, 0.3) is 0 Å². The lowest BCUT2D eigenvalue weighted by Crippen LogP contribution is -2.52. The van der Waals surface area contributed by atoms with E-state index < -0.39 is 36.4 Å². The SMILES string of the molecule is C[C@H](NC(=O)[C@@H]1CCCN1)C(=O)NCC(=O)N[C@@H](Cc1ccc(O)cc1)C(=O)O. The molecular weight excluding hydrogens is 380 g/mol. The number of carbonyl (C=O) groups excluding carboxylic acids is 3. The fourth-order valence-corrected chi connectivity index (χ4v) is 2.92. The minimum absolute atomic E-state index is 0.0240. The monoisotopic (exact) mass is 406 g/mol. The highest BCUT2D eigenvalue weighted by molar-refractivity contribution is 5.92. The zero-order valence-corrected chi connectivity index (χ0v) is 16.1. The average molecular weight is 406 g/mol. The molecule has 0 aromatic heterocycles. The molecule has 1 fully saturated rings. The fourth-order valence-electron chi connectivity index (χ4n) is 2.92. The lowest BCUT2D eigenvalue weighted by Gasteiger charge is -2.18. The van der Waals surface area contributed by atoms with Crippen molar-refractivity contribution < 1.29 is 29.4 Å². The van der Waals surface area contributed by atoms with Crippen LogP contribution in [0.1, 0.15) is 25.3 Å². The molecule has 0 saturated carbocycles. The number of aliphatic carboxylic acids is 1. The van der Waals surface area contributed by atoms with Gasteiger partial charge in [0.15, 0.2) is 0 Å². The second-order valence-corrected chi connectivity index (χ2v) is 6.93. The number of rotatable bonds is 9. The maximum atomic E-state index is 12.1. The molecule has 1 aliphatic rings. The highest BCUT2D eigenvalue weighted by Crippen LogP contribution is 2.11. The van der Waals surface area contributed by atoms with Gasteiger partial charge in [-0.1, -0.05) is 12.1 Å². The van der Waals surface area contributed by atoms with E-state index in [0.717, 1.165) is 13.0 Å². The molecule has 10 heteroatoms. The Hall–Kier alpha value is -3.14. The van der Waals surface area contributed by atoms with Crippen LogP contribution in [0.15, 0.2) is 24.3 Å². The van der Waals surface area contributed by atoms with Gasteiger partial charge in [0.05, 0.1) is 12.6 Å². The quantitative estimate of drug-likeness (QED) is 0.303. The molecule has 158 valence electrons. The summed E-state index contributed by atoms with van der Waals surface area (Å²) in [5, 5.41) is 28.9. The van der Waals surface area contributed by atoms with Crippen LogP contribution in [-0.2, 0) is 25.6 Å². The zero-order chi connectivity index (χ0) is 21.4. The van der Waals surface area contributed by atoms with Gasteiger partial charge in [0.25, 0.3) is 0 Å². The maximum absolute atomic E-state index is 12.1. The van der Waals surface area contributed by atoms with Crippen molar-refractivity contribution >= 4 is 23.7 Å². The Morgan fingerprint density at radius 1 is 1.17 bits per heavy atom. The molecule has 0 unspecified atom stereocenters. The van der Waals surface area contributed by atoms with Crippen molar-refractivity contribution in [3.05, 3.63) is 29.8 Å². The lowest BCUT2D eigenvalue weighted by atomic mass is 10.1. The van der Waals surface area contributed by atoms with Crippen LogP contribution < -0.4 is 21.3 Å². The Morgan fingerprint density at radius 2 is 1.86 bits per heavy atom. The Labute approximate surface area is 168 Å². The van der Waals surface area contributed by atoms with Gasteiger partial charge < -0.3 is 31.5 Å². The van der Waals surface area contributed by atoms with E-state index in [2.05, 4.69) is 21.3 Å². The molecule has 10 nitrogen and oxygen atoms in total. The number of carboxylic acid groups (broad SMARTS) is 1. The van der Waals surface area contributed by atoms with E-state index in [1.165, 1.54) is 19.1 Å². The lowest BCUT2D eigenvalue weighted by molar-refractivity contribution is -0.141. The number of benzene rings is 1. The number of hydrogen-bond acceptors (Lipinski definition) is 6. The summed E-state index contributed by atoms with van der Waals surface area (Å²) in [4.78, 5) is 47.5. The van der Waals surface area contributed by atoms with E-state index >= 15 is 0 Å². The molecule has 0 aliphatic carbocycles. The molecule has 1 aromatic rings. The Kier molecular flexibility index (Phi) is 7.96. The van der Waals surface area contributed by atoms with Gasteiger partial charge >= 0.3 is 5.97 Å². The molecule has 29 heavy (non-hydrogen) atoms. The molecule has 1 aromatic carbocycles. The van der Waals surface area contributed by atoms with Crippen molar-refractivity contribution in [2.45, 2.75) is 44.3 Å². The molecule has 3 amide bonds. The fraction of sp³-hybridized carbons (Fsp3) is 0.474. The number of nitrogens with one attached hydrogen (secondary N) is 4. The van der Waals surface area contributed by atoms with E-state index in [4.69, 9.17) is 0 Å². The molecule has 1 saturated heterocycles. The number of phenols is 1. The predicted molar refractivity (Wildman–Crippen MR) is 103 cm³/mol. The third-order valence-electron chi connectivity index (χ3n) is 4.56. The van der Waals surface area contributed by atoms with E-state index in [1.54, 1.807) is 12.1 Å². The van der Waals surface area contributed by atoms with Gasteiger partial charge in [-0.05, 0) is 44.0 Å². The topological polar surface area (TPSA) is 157 Å². The predicted octanol–water partition coefficient (Wildman–Crippen LogP) is -1.12. The smallest absolute Gasteiger partial charge is 0.326 e. The van der Waals surface area contributed by atoms with Crippen LogP contribution in [0.3, 0.4) is 0 Å². The van der Waals surface area contributed by atoms with Crippen LogP contribution in [0.5, 0.6) is 5.75 Å². The number of phenolic OH excluding ortho intramolecular Hbond substituents is 1. The molecule has 2 rings (SSSR count). The maximum Gasteiger partial charge on any atom is 0.326 e. The summed E-state index contributed by atoms with van der Waals surface area (Å²) in [6, 6.07) is 3.63. The van der Waals surface area contributed by atoms with Crippen LogP contribution in [0, 0.1) is 0 Å². The third-order valence-corrected chi connectivity index (χ3v) is 4.56. The first kappa shape index (κ1) is 22.2. The summed E-state index contributed by atoms with van der Waals surface area (Å²) >= 11 is 0. The van der Waals surface area contributed by atoms with Crippen LogP contribution in [0.4, 0.5) is 0 Å². The summed E-state index contributed by atoms with van der Waals surface area (Å²) in [6.07, 6.45) is 1.63. The van der Waals surface area contributed by atoms with Gasteiger partial charge in [-0.15, -0.1) is 0 Å².